The van der Waals surface area contributed by atoms with Crippen LogP contribution in [-0.2, 0) is 19.1 Å². The van der Waals surface area contributed by atoms with E-state index in [4.69, 9.17) is 18.9 Å². The summed E-state index contributed by atoms with van der Waals surface area (Å²) in [6.45, 7) is 6.27. The molecule has 0 aliphatic heterocycles. The molecule has 0 aliphatic carbocycles. The molecule has 210 valence electrons. The van der Waals surface area contributed by atoms with Gasteiger partial charge in [-0.15, -0.1) is 0 Å². The minimum Gasteiger partial charge on any atom is -0.494 e. The average molecular weight is 539 g/mol. The van der Waals surface area contributed by atoms with Gasteiger partial charge < -0.3 is 23.7 Å². The summed E-state index contributed by atoms with van der Waals surface area (Å²) in [4.78, 5) is 35.2. The second-order valence-corrected chi connectivity index (χ2v) is 8.92. The number of esters is 3. The van der Waals surface area contributed by atoms with E-state index in [1.165, 1.54) is 20.3 Å². The summed E-state index contributed by atoms with van der Waals surface area (Å²) in [6, 6.07) is 11.8. The third-order valence-electron chi connectivity index (χ3n) is 5.73. The monoisotopic (exact) mass is 538 g/mol. The molecule has 0 aromatic heterocycles. The zero-order valence-electron chi connectivity index (χ0n) is 23.0. The molecule has 0 spiro atoms. The zero-order chi connectivity index (χ0) is 28.5. The molecule has 2 aromatic rings. The second kappa shape index (κ2) is 17.4. The van der Waals surface area contributed by atoms with E-state index < -0.39 is 11.9 Å². The molecule has 2 aromatic carbocycles. The smallest absolute Gasteiger partial charge is 0.343 e. The summed E-state index contributed by atoms with van der Waals surface area (Å²) in [5.74, 6) is 0.00589. The third-order valence-corrected chi connectivity index (χ3v) is 5.73. The molecule has 0 atom stereocenters. The van der Waals surface area contributed by atoms with Crippen molar-refractivity contribution in [1.82, 2.24) is 0 Å². The van der Waals surface area contributed by atoms with Crippen molar-refractivity contribution in [1.29, 1.82) is 0 Å². The van der Waals surface area contributed by atoms with E-state index in [-0.39, 0.29) is 11.7 Å². The molecule has 0 N–H and O–H groups in total. The van der Waals surface area contributed by atoms with Gasteiger partial charge in [-0.05, 0) is 67.8 Å². The number of carbonyl (C=O) groups excluding carboxylic acids is 3. The Kier molecular flexibility index (Phi) is 13.9. The minimum absolute atomic E-state index is 0.268. The summed E-state index contributed by atoms with van der Waals surface area (Å²) in [6.07, 6.45) is 10.2. The van der Waals surface area contributed by atoms with Crippen molar-refractivity contribution in [3.63, 3.8) is 0 Å². The lowest BCUT2D eigenvalue weighted by Crippen LogP contribution is -2.09. The van der Waals surface area contributed by atoms with E-state index in [9.17, 15) is 14.4 Å². The standard InChI is InChI=1S/C31H38O8/c1-23(2)30(33)38-21-11-9-7-5-6-8-10-20-37-26-16-14-25(15-17-26)31(34)39-27-18-12-24(22-28(27)35-3)13-19-29(32)36-4/h12-19,22H,1,5-11,20-21H2,2-4H3/b19-13+. The number of carbonyl (C=O) groups is 3. The highest BCUT2D eigenvalue weighted by Crippen LogP contribution is 2.29. The first kappa shape index (κ1) is 31.1. The average Bonchev–Trinajstić information content (AvgIpc) is 2.95. The van der Waals surface area contributed by atoms with E-state index in [1.807, 2.05) is 0 Å². The number of hydrogen-bond acceptors (Lipinski definition) is 8. The Hall–Kier alpha value is -4.07. The van der Waals surface area contributed by atoms with Crippen LogP contribution in [0.1, 0.15) is 67.8 Å². The van der Waals surface area contributed by atoms with Crippen LogP contribution in [0.15, 0.2) is 60.7 Å². The molecular formula is C31H38O8. The number of benzene rings is 2. The predicted molar refractivity (Wildman–Crippen MR) is 149 cm³/mol. The van der Waals surface area contributed by atoms with Crippen LogP contribution in [0.5, 0.6) is 17.2 Å². The van der Waals surface area contributed by atoms with Crippen molar-refractivity contribution < 1.29 is 38.1 Å². The van der Waals surface area contributed by atoms with Crippen LogP contribution in [-0.4, -0.2) is 45.3 Å². The molecule has 0 radical (unpaired) electrons. The van der Waals surface area contributed by atoms with Gasteiger partial charge >= 0.3 is 17.9 Å². The minimum atomic E-state index is -0.522. The fraction of sp³-hybridized carbons (Fsp3) is 0.387. The Bertz CT molecular complexity index is 1120. The van der Waals surface area contributed by atoms with Crippen LogP contribution in [0, 0.1) is 0 Å². The van der Waals surface area contributed by atoms with Crippen molar-refractivity contribution in [2.24, 2.45) is 0 Å². The van der Waals surface area contributed by atoms with Crippen LogP contribution in [0.4, 0.5) is 0 Å². The first-order chi connectivity index (χ1) is 18.8. The van der Waals surface area contributed by atoms with E-state index in [1.54, 1.807) is 55.5 Å². The van der Waals surface area contributed by atoms with Gasteiger partial charge in [-0.25, -0.2) is 14.4 Å². The molecule has 2 rings (SSSR count). The first-order valence-corrected chi connectivity index (χ1v) is 13.1. The Morgan fingerprint density at radius 3 is 2.08 bits per heavy atom. The van der Waals surface area contributed by atoms with Gasteiger partial charge in [0.25, 0.3) is 0 Å². The van der Waals surface area contributed by atoms with Gasteiger partial charge in [-0.1, -0.05) is 44.7 Å². The van der Waals surface area contributed by atoms with Gasteiger partial charge in [-0.2, -0.15) is 0 Å². The predicted octanol–water partition coefficient (Wildman–Crippen LogP) is 6.33. The van der Waals surface area contributed by atoms with Crippen LogP contribution in [0.3, 0.4) is 0 Å². The van der Waals surface area contributed by atoms with E-state index in [2.05, 4.69) is 11.3 Å². The molecule has 8 nitrogen and oxygen atoms in total. The molecule has 0 bridgehead atoms. The van der Waals surface area contributed by atoms with Crippen molar-refractivity contribution in [3.8, 4) is 17.2 Å². The summed E-state index contributed by atoms with van der Waals surface area (Å²) in [5.41, 5.74) is 1.51. The molecule has 39 heavy (non-hydrogen) atoms. The first-order valence-electron chi connectivity index (χ1n) is 13.1. The lowest BCUT2D eigenvalue weighted by Gasteiger charge is -2.11. The van der Waals surface area contributed by atoms with E-state index in [0.29, 0.717) is 41.4 Å². The van der Waals surface area contributed by atoms with Crippen LogP contribution in [0.2, 0.25) is 0 Å². The topological polar surface area (TPSA) is 97.4 Å². The number of unbranched alkanes of at least 4 members (excludes halogenated alkanes) is 6. The summed E-state index contributed by atoms with van der Waals surface area (Å²) >= 11 is 0. The fourth-order valence-corrected chi connectivity index (χ4v) is 3.52. The van der Waals surface area contributed by atoms with Gasteiger partial charge in [0, 0.05) is 11.6 Å². The van der Waals surface area contributed by atoms with Crippen molar-refractivity contribution in [3.05, 3.63) is 71.8 Å². The fourth-order valence-electron chi connectivity index (χ4n) is 3.52. The maximum Gasteiger partial charge on any atom is 0.343 e. The summed E-state index contributed by atoms with van der Waals surface area (Å²) < 4.78 is 26.3. The van der Waals surface area contributed by atoms with Crippen molar-refractivity contribution in [2.75, 3.05) is 27.4 Å². The molecule has 0 unspecified atom stereocenters. The summed E-state index contributed by atoms with van der Waals surface area (Å²) in [7, 11) is 2.77. The SMILES string of the molecule is C=C(C)C(=O)OCCCCCCCCCOc1ccc(C(=O)Oc2ccc(/C=C/C(=O)OC)cc2OC)cc1. The van der Waals surface area contributed by atoms with Gasteiger partial charge in [0.15, 0.2) is 11.5 Å². The molecule has 0 saturated carbocycles. The molecule has 0 aliphatic rings. The lowest BCUT2D eigenvalue weighted by molar-refractivity contribution is -0.139. The van der Waals surface area contributed by atoms with Crippen molar-refractivity contribution >= 4 is 24.0 Å². The van der Waals surface area contributed by atoms with E-state index >= 15 is 0 Å². The van der Waals surface area contributed by atoms with Crippen LogP contribution >= 0.6 is 0 Å². The largest absolute Gasteiger partial charge is 0.494 e. The van der Waals surface area contributed by atoms with Crippen LogP contribution in [0.25, 0.3) is 6.08 Å². The number of rotatable bonds is 17. The molecule has 8 heteroatoms. The molecule has 0 amide bonds. The number of methoxy groups -OCH3 is 2. The summed E-state index contributed by atoms with van der Waals surface area (Å²) in [5, 5.41) is 0. The van der Waals surface area contributed by atoms with E-state index in [0.717, 1.165) is 44.9 Å². The zero-order valence-corrected chi connectivity index (χ0v) is 23.0. The Morgan fingerprint density at radius 1 is 0.821 bits per heavy atom. The van der Waals surface area contributed by atoms with Gasteiger partial charge in [0.1, 0.15) is 5.75 Å². The Labute approximate surface area is 230 Å². The maximum atomic E-state index is 12.6. The quantitative estimate of drug-likeness (QED) is 0.0998. The lowest BCUT2D eigenvalue weighted by atomic mass is 10.1. The number of ether oxygens (including phenoxy) is 5. The molecule has 0 heterocycles. The second-order valence-electron chi connectivity index (χ2n) is 8.92. The van der Waals surface area contributed by atoms with Crippen LogP contribution < -0.4 is 14.2 Å². The molecular weight excluding hydrogens is 500 g/mol. The van der Waals surface area contributed by atoms with Gasteiger partial charge in [0.2, 0.25) is 0 Å². The Morgan fingerprint density at radius 2 is 1.46 bits per heavy atom. The number of hydrogen-bond donors (Lipinski definition) is 0. The van der Waals surface area contributed by atoms with Gasteiger partial charge in [0.05, 0.1) is 33.0 Å². The normalized spacial score (nSPS) is 10.6. The third kappa shape index (κ3) is 11.9. The maximum absolute atomic E-state index is 12.6. The molecule has 0 fully saturated rings. The van der Waals surface area contributed by atoms with Crippen molar-refractivity contribution in [2.45, 2.75) is 51.9 Å². The highest BCUT2D eigenvalue weighted by molar-refractivity contribution is 5.91. The highest BCUT2D eigenvalue weighted by atomic mass is 16.6. The van der Waals surface area contributed by atoms with Gasteiger partial charge in [-0.3, -0.25) is 0 Å². The Balaban J connectivity index is 1.67. The highest BCUT2D eigenvalue weighted by Gasteiger charge is 2.13. The molecule has 0 saturated heterocycles.